The fourth-order valence-electron chi connectivity index (χ4n) is 2.35. The Balaban J connectivity index is 2.01. The molecule has 1 amide bonds. The molecule has 0 spiro atoms. The monoisotopic (exact) mass is 341 g/mol. The lowest BCUT2D eigenvalue weighted by molar-refractivity contribution is 0.0963. The van der Waals surface area contributed by atoms with E-state index in [1.165, 1.54) is 11.1 Å². The van der Waals surface area contributed by atoms with Crippen LogP contribution in [0.2, 0.25) is 0 Å². The van der Waals surface area contributed by atoms with Gasteiger partial charge in [0, 0.05) is 31.9 Å². The van der Waals surface area contributed by atoms with Crippen LogP contribution in [0, 0.1) is 13.8 Å². The topological polar surface area (TPSA) is 44.4 Å². The Morgan fingerprint density at radius 3 is 2.42 bits per heavy atom. The van der Waals surface area contributed by atoms with E-state index in [4.69, 9.17) is 12.2 Å². The SMILES string of the molecule is CNC(=O)c1ccc(CN(C)C(=S)Nc2cccc(C)c2C)cc1. The van der Waals surface area contributed by atoms with Crippen molar-refractivity contribution in [1.82, 2.24) is 10.2 Å². The number of nitrogens with one attached hydrogen (secondary N) is 2. The van der Waals surface area contributed by atoms with Crippen molar-refractivity contribution in [1.29, 1.82) is 0 Å². The highest BCUT2D eigenvalue weighted by molar-refractivity contribution is 7.80. The third kappa shape index (κ3) is 4.32. The van der Waals surface area contributed by atoms with Crippen LogP contribution in [0.1, 0.15) is 27.0 Å². The number of benzene rings is 2. The van der Waals surface area contributed by atoms with Crippen molar-refractivity contribution in [3.63, 3.8) is 0 Å². The molecule has 0 saturated heterocycles. The zero-order valence-corrected chi connectivity index (χ0v) is 15.3. The first-order chi connectivity index (χ1) is 11.4. The van der Waals surface area contributed by atoms with E-state index in [0.717, 1.165) is 11.3 Å². The maximum atomic E-state index is 11.6. The summed E-state index contributed by atoms with van der Waals surface area (Å²) < 4.78 is 0. The fraction of sp³-hybridized carbons (Fsp3) is 0.263. The third-order valence-corrected chi connectivity index (χ3v) is 4.47. The molecule has 5 heteroatoms. The van der Waals surface area contributed by atoms with Crippen molar-refractivity contribution in [2.45, 2.75) is 20.4 Å². The van der Waals surface area contributed by atoms with Crippen molar-refractivity contribution < 1.29 is 4.79 Å². The molecular weight excluding hydrogens is 318 g/mol. The van der Waals surface area contributed by atoms with Crippen LogP contribution in [0.15, 0.2) is 42.5 Å². The average molecular weight is 341 g/mol. The Morgan fingerprint density at radius 2 is 1.79 bits per heavy atom. The van der Waals surface area contributed by atoms with Gasteiger partial charge in [0.2, 0.25) is 0 Å². The van der Waals surface area contributed by atoms with Gasteiger partial charge in [0.15, 0.2) is 5.11 Å². The lowest BCUT2D eigenvalue weighted by Crippen LogP contribution is -2.30. The highest BCUT2D eigenvalue weighted by atomic mass is 32.1. The Morgan fingerprint density at radius 1 is 1.12 bits per heavy atom. The summed E-state index contributed by atoms with van der Waals surface area (Å²) in [5, 5.41) is 6.59. The van der Waals surface area contributed by atoms with E-state index in [-0.39, 0.29) is 5.91 Å². The van der Waals surface area contributed by atoms with Crippen LogP contribution in [0.5, 0.6) is 0 Å². The van der Waals surface area contributed by atoms with Crippen LogP contribution in [0.3, 0.4) is 0 Å². The molecule has 0 saturated carbocycles. The predicted octanol–water partition coefficient (Wildman–Crippen LogP) is 3.49. The molecule has 2 rings (SSSR count). The van der Waals surface area contributed by atoms with E-state index in [1.54, 1.807) is 7.05 Å². The molecular formula is C19H23N3OS. The Bertz CT molecular complexity index is 741. The number of aryl methyl sites for hydroxylation is 1. The van der Waals surface area contributed by atoms with E-state index in [9.17, 15) is 4.79 Å². The molecule has 0 fully saturated rings. The standard InChI is InChI=1S/C19H23N3OS/c1-13-6-5-7-17(14(13)2)21-19(24)22(4)12-15-8-10-16(11-9-15)18(23)20-3/h5-11H,12H2,1-4H3,(H,20,23)(H,21,24). The fourth-order valence-corrected chi connectivity index (χ4v) is 2.52. The van der Waals surface area contributed by atoms with Gasteiger partial charge in [-0.05, 0) is 61.0 Å². The lowest BCUT2D eigenvalue weighted by Gasteiger charge is -2.22. The summed E-state index contributed by atoms with van der Waals surface area (Å²) in [5.74, 6) is -0.0815. The molecule has 0 aliphatic heterocycles. The zero-order chi connectivity index (χ0) is 17.7. The minimum atomic E-state index is -0.0815. The van der Waals surface area contributed by atoms with Gasteiger partial charge in [-0.1, -0.05) is 24.3 Å². The lowest BCUT2D eigenvalue weighted by atomic mass is 10.1. The van der Waals surface area contributed by atoms with Gasteiger partial charge < -0.3 is 15.5 Å². The van der Waals surface area contributed by atoms with E-state index in [1.807, 2.05) is 48.3 Å². The van der Waals surface area contributed by atoms with Crippen LogP contribution >= 0.6 is 12.2 Å². The molecule has 0 aliphatic rings. The number of rotatable bonds is 4. The Labute approximate surface area is 148 Å². The number of hydrogen-bond donors (Lipinski definition) is 2. The molecule has 0 radical (unpaired) electrons. The third-order valence-electron chi connectivity index (χ3n) is 4.06. The minimum Gasteiger partial charge on any atom is -0.355 e. The van der Waals surface area contributed by atoms with Gasteiger partial charge in [0.1, 0.15) is 0 Å². The maximum Gasteiger partial charge on any atom is 0.251 e. The van der Waals surface area contributed by atoms with E-state index in [2.05, 4.69) is 30.5 Å². The van der Waals surface area contributed by atoms with Crippen LogP contribution in [-0.2, 0) is 6.54 Å². The Hall–Kier alpha value is -2.40. The predicted molar refractivity (Wildman–Crippen MR) is 103 cm³/mol. The molecule has 0 unspecified atom stereocenters. The molecule has 2 N–H and O–H groups in total. The summed E-state index contributed by atoms with van der Waals surface area (Å²) in [5.41, 5.74) is 5.20. The summed E-state index contributed by atoms with van der Waals surface area (Å²) in [4.78, 5) is 13.5. The second kappa shape index (κ2) is 7.93. The molecule has 0 heterocycles. The summed E-state index contributed by atoms with van der Waals surface area (Å²) in [7, 11) is 3.58. The van der Waals surface area contributed by atoms with Crippen molar-refractivity contribution in [3.05, 3.63) is 64.7 Å². The second-order valence-electron chi connectivity index (χ2n) is 5.81. The van der Waals surface area contributed by atoms with E-state index >= 15 is 0 Å². The number of amides is 1. The summed E-state index contributed by atoms with van der Waals surface area (Å²) in [6.07, 6.45) is 0. The molecule has 126 valence electrons. The first-order valence-corrected chi connectivity index (χ1v) is 8.22. The summed E-state index contributed by atoms with van der Waals surface area (Å²) >= 11 is 5.50. The highest BCUT2D eigenvalue weighted by Gasteiger charge is 2.09. The molecule has 24 heavy (non-hydrogen) atoms. The van der Waals surface area contributed by atoms with Gasteiger partial charge in [0.25, 0.3) is 5.91 Å². The van der Waals surface area contributed by atoms with Crippen molar-refractivity contribution in [3.8, 4) is 0 Å². The van der Waals surface area contributed by atoms with Crippen molar-refractivity contribution in [2.75, 3.05) is 19.4 Å². The van der Waals surface area contributed by atoms with Gasteiger partial charge >= 0.3 is 0 Å². The molecule has 0 bridgehead atoms. The summed E-state index contributed by atoms with van der Waals surface area (Å²) in [6, 6.07) is 13.7. The molecule has 4 nitrogen and oxygen atoms in total. The largest absolute Gasteiger partial charge is 0.355 e. The van der Waals surface area contributed by atoms with Gasteiger partial charge in [0.05, 0.1) is 0 Å². The smallest absolute Gasteiger partial charge is 0.251 e. The van der Waals surface area contributed by atoms with Crippen LogP contribution in [0.4, 0.5) is 5.69 Å². The van der Waals surface area contributed by atoms with Crippen LogP contribution < -0.4 is 10.6 Å². The van der Waals surface area contributed by atoms with Gasteiger partial charge in [-0.25, -0.2) is 0 Å². The molecule has 0 aliphatic carbocycles. The average Bonchev–Trinajstić information content (AvgIpc) is 2.58. The first-order valence-electron chi connectivity index (χ1n) is 7.81. The van der Waals surface area contributed by atoms with Crippen LogP contribution in [-0.4, -0.2) is 30.0 Å². The second-order valence-corrected chi connectivity index (χ2v) is 6.20. The number of carbonyl (C=O) groups excluding carboxylic acids is 1. The van der Waals surface area contributed by atoms with Crippen molar-refractivity contribution in [2.24, 2.45) is 0 Å². The van der Waals surface area contributed by atoms with Gasteiger partial charge in [-0.15, -0.1) is 0 Å². The van der Waals surface area contributed by atoms with E-state index < -0.39 is 0 Å². The summed E-state index contributed by atoms with van der Waals surface area (Å²) in [6.45, 7) is 4.84. The Kier molecular flexibility index (Phi) is 5.93. The normalized spacial score (nSPS) is 10.2. The minimum absolute atomic E-state index is 0.0815. The number of hydrogen-bond acceptors (Lipinski definition) is 2. The number of anilines is 1. The van der Waals surface area contributed by atoms with Gasteiger partial charge in [-0.2, -0.15) is 0 Å². The molecule has 2 aromatic carbocycles. The maximum absolute atomic E-state index is 11.6. The van der Waals surface area contributed by atoms with Crippen molar-refractivity contribution >= 4 is 28.9 Å². The highest BCUT2D eigenvalue weighted by Crippen LogP contribution is 2.18. The quantitative estimate of drug-likeness (QED) is 0.836. The molecule has 0 aromatic heterocycles. The molecule has 0 atom stereocenters. The van der Waals surface area contributed by atoms with Crippen LogP contribution in [0.25, 0.3) is 0 Å². The number of carbonyl (C=O) groups is 1. The van der Waals surface area contributed by atoms with E-state index in [0.29, 0.717) is 17.2 Å². The first kappa shape index (κ1) is 17.9. The number of thiocarbonyl (C=S) groups is 1. The van der Waals surface area contributed by atoms with Gasteiger partial charge in [-0.3, -0.25) is 4.79 Å². The molecule has 2 aromatic rings. The number of nitrogens with zero attached hydrogens (tertiary/aromatic N) is 1. The zero-order valence-electron chi connectivity index (χ0n) is 14.5.